The van der Waals surface area contributed by atoms with Crippen molar-refractivity contribution in [3.05, 3.63) is 34.2 Å². The smallest absolute Gasteiger partial charge is 0.252 e. The van der Waals surface area contributed by atoms with E-state index >= 15 is 0 Å². The highest BCUT2D eigenvalue weighted by atomic mass is 32.1. The molecule has 1 amide bonds. The van der Waals surface area contributed by atoms with Gasteiger partial charge in [-0.3, -0.25) is 9.59 Å². The summed E-state index contributed by atoms with van der Waals surface area (Å²) in [6.07, 6.45) is 1.53. The van der Waals surface area contributed by atoms with E-state index in [0.29, 0.717) is 5.56 Å². The Morgan fingerprint density at radius 3 is 2.75 bits per heavy atom. The van der Waals surface area contributed by atoms with E-state index in [1.807, 2.05) is 0 Å². The third-order valence-corrected chi connectivity index (χ3v) is 2.49. The Morgan fingerprint density at radius 2 is 2.25 bits per heavy atom. The zero-order valence-corrected chi connectivity index (χ0v) is 9.88. The Kier molecular flexibility index (Phi) is 3.78. The summed E-state index contributed by atoms with van der Waals surface area (Å²) in [7, 11) is 1.61. The lowest BCUT2D eigenvalue weighted by Crippen LogP contribution is -2.41. The minimum Gasteiger partial charge on any atom is -0.392 e. The number of nitrogens with one attached hydrogen (secondary N) is 1. The lowest BCUT2D eigenvalue weighted by Gasteiger charge is -2.11. The Labute approximate surface area is 98.3 Å². The zero-order chi connectivity index (χ0) is 12.3. The van der Waals surface area contributed by atoms with Crippen LogP contribution in [0.4, 0.5) is 0 Å². The SMILES string of the molecule is CC(NC(=O)c1ccn(C)c(=O)c1)C(N)=S. The van der Waals surface area contributed by atoms with E-state index in [1.54, 1.807) is 20.0 Å². The molecule has 0 aliphatic heterocycles. The summed E-state index contributed by atoms with van der Waals surface area (Å²) in [5, 5.41) is 2.59. The fraction of sp³-hybridized carbons (Fsp3) is 0.300. The molecule has 1 unspecified atom stereocenters. The number of rotatable bonds is 3. The normalized spacial score (nSPS) is 11.9. The van der Waals surface area contributed by atoms with Gasteiger partial charge in [-0.15, -0.1) is 0 Å². The highest BCUT2D eigenvalue weighted by Crippen LogP contribution is 1.95. The largest absolute Gasteiger partial charge is 0.392 e. The molecule has 0 saturated carbocycles. The second-order valence-corrected chi connectivity index (χ2v) is 3.93. The average Bonchev–Trinajstić information content (AvgIpc) is 2.21. The van der Waals surface area contributed by atoms with Crippen LogP contribution < -0.4 is 16.6 Å². The predicted octanol–water partition coefficient (Wildman–Crippen LogP) is -0.210. The van der Waals surface area contributed by atoms with E-state index in [9.17, 15) is 9.59 Å². The molecular weight excluding hydrogens is 226 g/mol. The summed E-state index contributed by atoms with van der Waals surface area (Å²) in [5.74, 6) is -0.363. The molecule has 86 valence electrons. The average molecular weight is 239 g/mol. The van der Waals surface area contributed by atoms with Crippen LogP contribution >= 0.6 is 12.2 Å². The number of aryl methyl sites for hydroxylation is 1. The van der Waals surface area contributed by atoms with Crippen molar-refractivity contribution in [1.29, 1.82) is 0 Å². The van der Waals surface area contributed by atoms with Gasteiger partial charge in [-0.1, -0.05) is 12.2 Å². The zero-order valence-electron chi connectivity index (χ0n) is 9.06. The number of nitrogens with two attached hydrogens (primary N) is 1. The molecule has 0 spiro atoms. The third kappa shape index (κ3) is 2.90. The maximum Gasteiger partial charge on any atom is 0.252 e. The highest BCUT2D eigenvalue weighted by molar-refractivity contribution is 7.80. The summed E-state index contributed by atoms with van der Waals surface area (Å²) in [6.45, 7) is 1.68. The Balaban J connectivity index is 2.85. The van der Waals surface area contributed by atoms with Crippen LogP contribution in [0.5, 0.6) is 0 Å². The van der Waals surface area contributed by atoms with Gasteiger partial charge in [0.15, 0.2) is 0 Å². The number of aromatic nitrogens is 1. The number of thiocarbonyl (C=S) groups is 1. The second-order valence-electron chi connectivity index (χ2n) is 3.46. The van der Waals surface area contributed by atoms with Gasteiger partial charge in [0, 0.05) is 24.9 Å². The van der Waals surface area contributed by atoms with Crippen LogP contribution in [0, 0.1) is 0 Å². The monoisotopic (exact) mass is 239 g/mol. The molecule has 0 bridgehead atoms. The molecule has 3 N–H and O–H groups in total. The van der Waals surface area contributed by atoms with E-state index in [2.05, 4.69) is 5.32 Å². The summed E-state index contributed by atoms with van der Waals surface area (Å²) in [5.41, 5.74) is 5.42. The number of nitrogens with zero attached hydrogens (tertiary/aromatic N) is 1. The van der Waals surface area contributed by atoms with Crippen LogP contribution in [0.1, 0.15) is 17.3 Å². The first-order chi connectivity index (χ1) is 7.41. The van der Waals surface area contributed by atoms with E-state index < -0.39 is 6.04 Å². The lowest BCUT2D eigenvalue weighted by molar-refractivity contribution is 0.0949. The molecule has 16 heavy (non-hydrogen) atoms. The summed E-state index contributed by atoms with van der Waals surface area (Å²) >= 11 is 4.73. The van der Waals surface area contributed by atoms with E-state index in [-0.39, 0.29) is 16.5 Å². The standard InChI is InChI=1S/C10H13N3O2S/c1-6(9(11)16)12-10(15)7-3-4-13(2)8(14)5-7/h3-6H,1-2H3,(H2,11,16)(H,12,15). The van der Waals surface area contributed by atoms with Crippen LogP contribution in [0.3, 0.4) is 0 Å². The van der Waals surface area contributed by atoms with Crippen LogP contribution in [-0.2, 0) is 7.05 Å². The van der Waals surface area contributed by atoms with Crippen LogP contribution in [0.15, 0.2) is 23.1 Å². The van der Waals surface area contributed by atoms with Gasteiger partial charge in [-0.25, -0.2) is 0 Å². The minimum atomic E-state index is -0.397. The topological polar surface area (TPSA) is 77.1 Å². The maximum absolute atomic E-state index is 11.6. The molecule has 0 radical (unpaired) electrons. The van der Waals surface area contributed by atoms with E-state index in [4.69, 9.17) is 18.0 Å². The third-order valence-electron chi connectivity index (χ3n) is 2.14. The number of pyridine rings is 1. The van der Waals surface area contributed by atoms with Gasteiger partial charge in [-0.2, -0.15) is 0 Å². The number of amides is 1. The van der Waals surface area contributed by atoms with Crippen LogP contribution in [0.2, 0.25) is 0 Å². The Hall–Kier alpha value is -1.69. The highest BCUT2D eigenvalue weighted by Gasteiger charge is 2.11. The Bertz CT molecular complexity index is 481. The molecule has 5 nitrogen and oxygen atoms in total. The van der Waals surface area contributed by atoms with E-state index in [0.717, 1.165) is 0 Å². The number of hydrogen-bond acceptors (Lipinski definition) is 3. The minimum absolute atomic E-state index is 0.206. The van der Waals surface area contributed by atoms with Crippen molar-refractivity contribution < 1.29 is 4.79 Å². The predicted molar refractivity (Wildman–Crippen MR) is 65.4 cm³/mol. The molecule has 1 atom stereocenters. The van der Waals surface area contributed by atoms with Crippen molar-refractivity contribution in [3.63, 3.8) is 0 Å². The quantitative estimate of drug-likeness (QED) is 0.716. The van der Waals surface area contributed by atoms with Crippen molar-refractivity contribution >= 4 is 23.1 Å². The summed E-state index contributed by atoms with van der Waals surface area (Å²) in [4.78, 5) is 23.2. The molecule has 0 aromatic carbocycles. The molecular formula is C10H13N3O2S. The van der Waals surface area contributed by atoms with E-state index in [1.165, 1.54) is 16.8 Å². The second kappa shape index (κ2) is 4.89. The maximum atomic E-state index is 11.6. The van der Waals surface area contributed by atoms with Crippen LogP contribution in [-0.4, -0.2) is 21.5 Å². The van der Waals surface area contributed by atoms with Gasteiger partial charge in [0.25, 0.3) is 11.5 Å². The molecule has 0 saturated heterocycles. The van der Waals surface area contributed by atoms with Crippen molar-refractivity contribution in [2.24, 2.45) is 12.8 Å². The first kappa shape index (κ1) is 12.4. The van der Waals surface area contributed by atoms with Gasteiger partial charge < -0.3 is 15.6 Å². The van der Waals surface area contributed by atoms with Crippen molar-refractivity contribution in [2.45, 2.75) is 13.0 Å². The van der Waals surface area contributed by atoms with Gasteiger partial charge >= 0.3 is 0 Å². The van der Waals surface area contributed by atoms with Crippen molar-refractivity contribution in [3.8, 4) is 0 Å². The fourth-order valence-corrected chi connectivity index (χ4v) is 1.10. The van der Waals surface area contributed by atoms with Gasteiger partial charge in [-0.05, 0) is 13.0 Å². The molecule has 0 aliphatic carbocycles. The molecule has 1 rings (SSSR count). The van der Waals surface area contributed by atoms with Gasteiger partial charge in [0.1, 0.15) is 0 Å². The fourth-order valence-electron chi connectivity index (χ4n) is 1.04. The molecule has 6 heteroatoms. The number of carbonyl (C=O) groups excluding carboxylic acids is 1. The van der Waals surface area contributed by atoms with Crippen molar-refractivity contribution in [1.82, 2.24) is 9.88 Å². The first-order valence-electron chi connectivity index (χ1n) is 4.68. The Morgan fingerprint density at radius 1 is 1.62 bits per heavy atom. The number of carbonyl (C=O) groups is 1. The molecule has 1 heterocycles. The van der Waals surface area contributed by atoms with Gasteiger partial charge in [0.2, 0.25) is 0 Å². The van der Waals surface area contributed by atoms with Crippen LogP contribution in [0.25, 0.3) is 0 Å². The molecule has 1 aromatic heterocycles. The molecule has 1 aromatic rings. The summed E-state index contributed by atoms with van der Waals surface area (Å²) in [6, 6.07) is 2.43. The molecule has 0 aliphatic rings. The summed E-state index contributed by atoms with van der Waals surface area (Å²) < 4.78 is 1.38. The van der Waals surface area contributed by atoms with Gasteiger partial charge in [0.05, 0.1) is 11.0 Å². The number of hydrogen-bond donors (Lipinski definition) is 2. The first-order valence-corrected chi connectivity index (χ1v) is 5.09. The molecule has 0 fully saturated rings. The van der Waals surface area contributed by atoms with Crippen molar-refractivity contribution in [2.75, 3.05) is 0 Å². The lowest BCUT2D eigenvalue weighted by atomic mass is 10.2.